The fourth-order valence-corrected chi connectivity index (χ4v) is 3.18. The quantitative estimate of drug-likeness (QED) is 0.621. The molecule has 0 fully saturated rings. The molecule has 0 saturated heterocycles. The normalized spacial score (nSPS) is 14.1. The Bertz CT molecular complexity index is 1060. The highest BCUT2D eigenvalue weighted by molar-refractivity contribution is 5.98. The Kier molecular flexibility index (Phi) is 5.11. The number of halogens is 3. The van der Waals surface area contributed by atoms with Crippen molar-refractivity contribution in [3.05, 3.63) is 65.9 Å². The molecule has 1 amide bonds. The van der Waals surface area contributed by atoms with E-state index in [1.165, 1.54) is 24.3 Å². The Morgan fingerprint density at radius 2 is 1.87 bits per heavy atom. The summed E-state index contributed by atoms with van der Waals surface area (Å²) in [7, 11) is 0. The van der Waals surface area contributed by atoms with Crippen molar-refractivity contribution in [2.75, 3.05) is 13.2 Å². The number of carbonyl (C=O) groups excluding carboxylic acids is 1. The van der Waals surface area contributed by atoms with Gasteiger partial charge in [-0.1, -0.05) is 18.2 Å². The summed E-state index contributed by atoms with van der Waals surface area (Å²) < 4.78 is 52.1. The fourth-order valence-electron chi connectivity index (χ4n) is 3.18. The van der Waals surface area contributed by atoms with Crippen LogP contribution in [0.1, 0.15) is 22.0 Å². The van der Waals surface area contributed by atoms with Gasteiger partial charge in [-0.15, -0.1) is 13.2 Å². The van der Waals surface area contributed by atoms with Crippen molar-refractivity contribution < 1.29 is 31.9 Å². The molecule has 0 spiro atoms. The molecule has 30 heavy (non-hydrogen) atoms. The SMILES string of the molecule is Cc1cnc(CN2CCOc3ccc(-c4ccc(OC(F)(F)F)cc4)cc3C2=O)o1. The summed E-state index contributed by atoms with van der Waals surface area (Å²) >= 11 is 0. The molecule has 0 bridgehead atoms. The van der Waals surface area contributed by atoms with Gasteiger partial charge in [-0.3, -0.25) is 4.79 Å². The lowest BCUT2D eigenvalue weighted by molar-refractivity contribution is -0.274. The number of rotatable bonds is 4. The minimum absolute atomic E-state index is 0.211. The maximum absolute atomic E-state index is 13.1. The lowest BCUT2D eigenvalue weighted by Crippen LogP contribution is -2.32. The van der Waals surface area contributed by atoms with Crippen LogP contribution in [0.4, 0.5) is 13.2 Å². The van der Waals surface area contributed by atoms with E-state index in [0.29, 0.717) is 47.2 Å². The summed E-state index contributed by atoms with van der Waals surface area (Å²) in [5, 5.41) is 0. The van der Waals surface area contributed by atoms with Crippen molar-refractivity contribution in [3.63, 3.8) is 0 Å². The monoisotopic (exact) mass is 418 g/mol. The molecule has 2 aromatic carbocycles. The van der Waals surface area contributed by atoms with Gasteiger partial charge in [0.15, 0.2) is 0 Å². The fraction of sp³-hybridized carbons (Fsp3) is 0.238. The van der Waals surface area contributed by atoms with E-state index in [4.69, 9.17) is 9.15 Å². The summed E-state index contributed by atoms with van der Waals surface area (Å²) in [5.74, 6) is 0.988. The van der Waals surface area contributed by atoms with E-state index in [-0.39, 0.29) is 18.2 Å². The second kappa shape index (κ2) is 7.74. The van der Waals surface area contributed by atoms with Crippen molar-refractivity contribution >= 4 is 5.91 Å². The molecule has 0 atom stereocenters. The highest BCUT2D eigenvalue weighted by Crippen LogP contribution is 2.31. The number of benzene rings is 2. The molecule has 0 N–H and O–H groups in total. The van der Waals surface area contributed by atoms with Crippen molar-refractivity contribution in [2.24, 2.45) is 0 Å². The number of aryl methyl sites for hydroxylation is 1. The van der Waals surface area contributed by atoms with E-state index in [2.05, 4.69) is 9.72 Å². The summed E-state index contributed by atoms with van der Waals surface area (Å²) in [6, 6.07) is 10.5. The van der Waals surface area contributed by atoms with Gasteiger partial charge in [0.2, 0.25) is 5.89 Å². The third kappa shape index (κ3) is 4.40. The van der Waals surface area contributed by atoms with E-state index in [9.17, 15) is 18.0 Å². The van der Waals surface area contributed by atoms with Crippen LogP contribution in [0, 0.1) is 6.92 Å². The van der Waals surface area contributed by atoms with Crippen LogP contribution in [-0.2, 0) is 6.54 Å². The molecule has 0 aliphatic carbocycles. The number of fused-ring (bicyclic) bond motifs is 1. The van der Waals surface area contributed by atoms with Crippen LogP contribution >= 0.6 is 0 Å². The van der Waals surface area contributed by atoms with Crippen LogP contribution in [0.3, 0.4) is 0 Å². The lowest BCUT2D eigenvalue weighted by atomic mass is 10.0. The molecule has 3 aromatic rings. The van der Waals surface area contributed by atoms with Gasteiger partial charge in [-0.25, -0.2) is 4.98 Å². The van der Waals surface area contributed by atoms with Crippen molar-refractivity contribution in [1.29, 1.82) is 0 Å². The minimum Gasteiger partial charge on any atom is -0.491 e. The summed E-state index contributed by atoms with van der Waals surface area (Å²) in [6.45, 7) is 2.68. The molecule has 2 heterocycles. The summed E-state index contributed by atoms with van der Waals surface area (Å²) in [5.41, 5.74) is 1.67. The molecule has 6 nitrogen and oxygen atoms in total. The number of nitrogens with zero attached hydrogens (tertiary/aromatic N) is 2. The molecule has 156 valence electrons. The summed E-state index contributed by atoms with van der Waals surface area (Å²) in [4.78, 5) is 18.8. The van der Waals surface area contributed by atoms with Gasteiger partial charge >= 0.3 is 6.36 Å². The van der Waals surface area contributed by atoms with Gasteiger partial charge in [0, 0.05) is 0 Å². The number of alkyl halides is 3. The molecule has 1 aliphatic heterocycles. The number of aromatic nitrogens is 1. The first-order valence-corrected chi connectivity index (χ1v) is 9.12. The second-order valence-electron chi connectivity index (χ2n) is 6.72. The average molecular weight is 418 g/mol. The first-order chi connectivity index (χ1) is 14.3. The number of ether oxygens (including phenoxy) is 2. The predicted molar refractivity (Wildman–Crippen MR) is 100 cm³/mol. The maximum atomic E-state index is 13.1. The molecular formula is C21H17F3N2O4. The molecule has 1 aliphatic rings. The van der Waals surface area contributed by atoms with Crippen LogP contribution in [-0.4, -0.2) is 35.3 Å². The summed E-state index contributed by atoms with van der Waals surface area (Å²) in [6.07, 6.45) is -3.16. The molecular weight excluding hydrogens is 401 g/mol. The van der Waals surface area contributed by atoms with Gasteiger partial charge in [-0.05, 0) is 42.3 Å². The van der Waals surface area contributed by atoms with Crippen LogP contribution < -0.4 is 9.47 Å². The third-order valence-electron chi connectivity index (χ3n) is 4.53. The molecule has 0 unspecified atom stereocenters. The molecule has 4 rings (SSSR count). The minimum atomic E-state index is -4.75. The Morgan fingerprint density at radius 3 is 2.53 bits per heavy atom. The number of hydrogen-bond donors (Lipinski definition) is 0. The first kappa shape index (κ1) is 19.8. The molecule has 0 saturated carbocycles. The lowest BCUT2D eigenvalue weighted by Gasteiger charge is -2.18. The Balaban J connectivity index is 1.59. The molecule has 9 heteroatoms. The topological polar surface area (TPSA) is 64.8 Å². The van der Waals surface area contributed by atoms with E-state index < -0.39 is 6.36 Å². The van der Waals surface area contributed by atoms with Crippen LogP contribution in [0.5, 0.6) is 11.5 Å². The smallest absolute Gasteiger partial charge is 0.491 e. The Labute approximate surface area is 169 Å². The van der Waals surface area contributed by atoms with Gasteiger partial charge in [0.05, 0.1) is 24.8 Å². The van der Waals surface area contributed by atoms with Gasteiger partial charge in [0.1, 0.15) is 23.9 Å². The van der Waals surface area contributed by atoms with Crippen molar-refractivity contribution in [1.82, 2.24) is 9.88 Å². The average Bonchev–Trinajstić information content (AvgIpc) is 3.04. The predicted octanol–water partition coefficient (Wildman–Crippen LogP) is 4.58. The zero-order valence-corrected chi connectivity index (χ0v) is 15.9. The Morgan fingerprint density at radius 1 is 1.13 bits per heavy atom. The number of amides is 1. The zero-order chi connectivity index (χ0) is 21.3. The van der Waals surface area contributed by atoms with E-state index in [1.54, 1.807) is 36.2 Å². The third-order valence-corrected chi connectivity index (χ3v) is 4.53. The van der Waals surface area contributed by atoms with Crippen molar-refractivity contribution in [2.45, 2.75) is 19.8 Å². The highest BCUT2D eigenvalue weighted by Gasteiger charge is 2.31. The Hall–Kier alpha value is -3.49. The zero-order valence-electron chi connectivity index (χ0n) is 15.9. The maximum Gasteiger partial charge on any atom is 0.573 e. The van der Waals surface area contributed by atoms with Crippen molar-refractivity contribution in [3.8, 4) is 22.6 Å². The first-order valence-electron chi connectivity index (χ1n) is 9.12. The molecule has 1 aromatic heterocycles. The second-order valence-corrected chi connectivity index (χ2v) is 6.72. The van der Waals surface area contributed by atoms with Gasteiger partial charge < -0.3 is 18.8 Å². The van der Waals surface area contributed by atoms with Gasteiger partial charge in [-0.2, -0.15) is 0 Å². The van der Waals surface area contributed by atoms with Gasteiger partial charge in [0.25, 0.3) is 5.91 Å². The number of oxazole rings is 1. The number of hydrogen-bond acceptors (Lipinski definition) is 5. The van der Waals surface area contributed by atoms with E-state index >= 15 is 0 Å². The van der Waals surface area contributed by atoms with Crippen LogP contribution in [0.15, 0.2) is 53.1 Å². The number of carbonyl (C=O) groups is 1. The van der Waals surface area contributed by atoms with Crippen LogP contribution in [0.25, 0.3) is 11.1 Å². The standard InChI is InChI=1S/C21H17F3N2O4/c1-13-11-25-19(29-13)12-26-8-9-28-18-7-4-15(10-17(18)20(26)27)14-2-5-16(6-3-14)30-21(22,23)24/h2-7,10-11H,8-9,12H2,1H3. The molecule has 0 radical (unpaired) electrons. The van der Waals surface area contributed by atoms with E-state index in [0.717, 1.165) is 0 Å². The highest BCUT2D eigenvalue weighted by atomic mass is 19.4. The van der Waals surface area contributed by atoms with E-state index in [1.807, 2.05) is 0 Å². The van der Waals surface area contributed by atoms with Crippen LogP contribution in [0.2, 0.25) is 0 Å². The largest absolute Gasteiger partial charge is 0.573 e.